The van der Waals surface area contributed by atoms with Crippen molar-refractivity contribution in [2.24, 2.45) is 11.1 Å². The fraction of sp³-hybridized carbons (Fsp3) is 0.550. The van der Waals surface area contributed by atoms with Crippen molar-refractivity contribution in [1.29, 1.82) is 0 Å². The lowest BCUT2D eigenvalue weighted by Crippen LogP contribution is -2.46. The van der Waals surface area contributed by atoms with E-state index in [9.17, 15) is 14.4 Å². The number of hydrogen-bond acceptors (Lipinski definition) is 4. The van der Waals surface area contributed by atoms with E-state index in [1.165, 1.54) is 6.42 Å². The van der Waals surface area contributed by atoms with E-state index in [0.29, 0.717) is 11.3 Å². The lowest BCUT2D eigenvalue weighted by Gasteiger charge is -2.31. The van der Waals surface area contributed by atoms with Crippen molar-refractivity contribution >= 4 is 29.1 Å². The third-order valence-electron chi connectivity index (χ3n) is 4.66. The number of amides is 3. The largest absolute Gasteiger partial charge is 0.370 e. The van der Waals surface area contributed by atoms with Crippen LogP contribution in [0.1, 0.15) is 57.3 Å². The minimum Gasteiger partial charge on any atom is -0.370 e. The van der Waals surface area contributed by atoms with Crippen molar-refractivity contribution < 1.29 is 14.4 Å². The fourth-order valence-corrected chi connectivity index (χ4v) is 2.92. The molecule has 7 heteroatoms. The summed E-state index contributed by atoms with van der Waals surface area (Å²) in [5, 5.41) is 5.58. The number of primary amides is 1. The number of rotatable bonds is 5. The van der Waals surface area contributed by atoms with Crippen LogP contribution in [0.15, 0.2) is 18.2 Å². The van der Waals surface area contributed by atoms with Gasteiger partial charge in [-0.2, -0.15) is 0 Å². The van der Waals surface area contributed by atoms with Crippen LogP contribution >= 0.6 is 0 Å². The molecule has 0 aromatic heterocycles. The molecule has 0 saturated carbocycles. The molecule has 1 saturated heterocycles. The second-order valence-corrected chi connectivity index (χ2v) is 8.08. The summed E-state index contributed by atoms with van der Waals surface area (Å²) >= 11 is 0. The van der Waals surface area contributed by atoms with Gasteiger partial charge in [-0.05, 0) is 44.4 Å². The van der Waals surface area contributed by atoms with E-state index >= 15 is 0 Å². The van der Waals surface area contributed by atoms with Crippen LogP contribution < -0.4 is 21.3 Å². The van der Waals surface area contributed by atoms with E-state index in [1.807, 2.05) is 6.07 Å². The van der Waals surface area contributed by atoms with Crippen LogP contribution in [0, 0.1) is 5.41 Å². The SMILES string of the molecule is CC(NC(=O)C(C)(C)C)C(=O)Nc1cc(C(N)=O)ccc1N1CCCCC1. The van der Waals surface area contributed by atoms with Crippen molar-refractivity contribution in [2.75, 3.05) is 23.3 Å². The lowest BCUT2D eigenvalue weighted by molar-refractivity contribution is -0.131. The van der Waals surface area contributed by atoms with Crippen LogP contribution in [0.3, 0.4) is 0 Å². The molecule has 27 heavy (non-hydrogen) atoms. The maximum Gasteiger partial charge on any atom is 0.248 e. The van der Waals surface area contributed by atoms with E-state index in [4.69, 9.17) is 5.73 Å². The number of nitrogens with two attached hydrogens (primary N) is 1. The molecule has 4 N–H and O–H groups in total. The van der Waals surface area contributed by atoms with E-state index in [1.54, 1.807) is 39.8 Å². The maximum atomic E-state index is 12.6. The highest BCUT2D eigenvalue weighted by Crippen LogP contribution is 2.30. The molecule has 3 amide bonds. The van der Waals surface area contributed by atoms with Gasteiger partial charge < -0.3 is 21.3 Å². The van der Waals surface area contributed by atoms with Gasteiger partial charge >= 0.3 is 0 Å². The Morgan fingerprint density at radius 3 is 2.30 bits per heavy atom. The van der Waals surface area contributed by atoms with Crippen LogP contribution in [0.4, 0.5) is 11.4 Å². The number of carbonyl (C=O) groups excluding carboxylic acids is 3. The number of nitrogens with one attached hydrogen (secondary N) is 2. The van der Waals surface area contributed by atoms with Crippen LogP contribution in [0.25, 0.3) is 0 Å². The third kappa shape index (κ3) is 5.45. The fourth-order valence-electron chi connectivity index (χ4n) is 2.92. The highest BCUT2D eigenvalue weighted by Gasteiger charge is 2.26. The average Bonchev–Trinajstić information content (AvgIpc) is 2.61. The summed E-state index contributed by atoms with van der Waals surface area (Å²) in [6.45, 7) is 8.80. The van der Waals surface area contributed by atoms with Gasteiger partial charge in [0.05, 0.1) is 11.4 Å². The van der Waals surface area contributed by atoms with Gasteiger partial charge in [-0.15, -0.1) is 0 Å². The van der Waals surface area contributed by atoms with E-state index in [-0.39, 0.29) is 11.8 Å². The first-order chi connectivity index (χ1) is 12.6. The number of piperidine rings is 1. The Bertz CT molecular complexity index is 718. The van der Waals surface area contributed by atoms with Gasteiger partial charge in [0.25, 0.3) is 0 Å². The average molecular weight is 374 g/mol. The second kappa shape index (κ2) is 8.41. The summed E-state index contributed by atoms with van der Waals surface area (Å²) < 4.78 is 0. The molecule has 1 fully saturated rings. The van der Waals surface area contributed by atoms with Crippen molar-refractivity contribution in [2.45, 2.75) is 53.0 Å². The Kier molecular flexibility index (Phi) is 6.46. The Balaban J connectivity index is 2.21. The molecule has 0 bridgehead atoms. The van der Waals surface area contributed by atoms with Crippen LogP contribution in [-0.2, 0) is 9.59 Å². The molecule has 1 atom stereocenters. The Hall–Kier alpha value is -2.57. The van der Waals surface area contributed by atoms with Gasteiger partial charge in [0, 0.05) is 24.1 Å². The first-order valence-corrected chi connectivity index (χ1v) is 9.40. The molecule has 1 heterocycles. The molecule has 0 aliphatic carbocycles. The number of anilines is 2. The first-order valence-electron chi connectivity index (χ1n) is 9.40. The van der Waals surface area contributed by atoms with Crippen LogP contribution in [0.2, 0.25) is 0 Å². The van der Waals surface area contributed by atoms with Crippen LogP contribution in [-0.4, -0.2) is 36.9 Å². The predicted molar refractivity (Wildman–Crippen MR) is 107 cm³/mol. The molecule has 1 aliphatic rings. The minimum absolute atomic E-state index is 0.202. The summed E-state index contributed by atoms with van der Waals surface area (Å²) in [7, 11) is 0. The summed E-state index contributed by atoms with van der Waals surface area (Å²) in [5.74, 6) is -1.09. The molecule has 1 aliphatic heterocycles. The standard InChI is InChI=1S/C20H30N4O3/c1-13(22-19(27)20(2,3)4)18(26)23-15-12-14(17(21)25)8-9-16(15)24-10-6-5-7-11-24/h8-9,12-13H,5-7,10-11H2,1-4H3,(H2,21,25)(H,22,27)(H,23,26). The van der Waals surface area contributed by atoms with Crippen molar-refractivity contribution in [3.05, 3.63) is 23.8 Å². The number of carbonyl (C=O) groups is 3. The Morgan fingerprint density at radius 1 is 1.11 bits per heavy atom. The lowest BCUT2D eigenvalue weighted by atomic mass is 9.95. The molecule has 2 rings (SSSR count). The molecule has 0 spiro atoms. The molecular formula is C20H30N4O3. The van der Waals surface area contributed by atoms with Crippen molar-refractivity contribution in [3.63, 3.8) is 0 Å². The monoisotopic (exact) mass is 374 g/mol. The molecule has 1 aromatic carbocycles. The minimum atomic E-state index is -0.705. The van der Waals surface area contributed by atoms with Gasteiger partial charge in [0.1, 0.15) is 6.04 Å². The zero-order chi connectivity index (χ0) is 20.2. The molecule has 7 nitrogen and oxygen atoms in total. The first kappa shape index (κ1) is 20.7. The summed E-state index contributed by atoms with van der Waals surface area (Å²) in [5.41, 5.74) is 6.54. The molecule has 0 radical (unpaired) electrons. The zero-order valence-electron chi connectivity index (χ0n) is 16.6. The molecule has 1 aromatic rings. The molecular weight excluding hydrogens is 344 g/mol. The normalized spacial score (nSPS) is 15.8. The van der Waals surface area contributed by atoms with Crippen molar-refractivity contribution in [1.82, 2.24) is 5.32 Å². The summed E-state index contributed by atoms with van der Waals surface area (Å²) in [6, 6.07) is 4.39. The van der Waals surface area contributed by atoms with Gasteiger partial charge in [0.2, 0.25) is 17.7 Å². The maximum absolute atomic E-state index is 12.6. The summed E-state index contributed by atoms with van der Waals surface area (Å²) in [4.78, 5) is 38.5. The topological polar surface area (TPSA) is 105 Å². The van der Waals surface area contributed by atoms with Gasteiger partial charge in [-0.3, -0.25) is 14.4 Å². The Morgan fingerprint density at radius 2 is 1.74 bits per heavy atom. The second-order valence-electron chi connectivity index (χ2n) is 8.08. The zero-order valence-corrected chi connectivity index (χ0v) is 16.6. The quantitative estimate of drug-likeness (QED) is 0.735. The predicted octanol–water partition coefficient (Wildman–Crippen LogP) is 2.27. The van der Waals surface area contributed by atoms with E-state index in [0.717, 1.165) is 31.6 Å². The number of benzene rings is 1. The van der Waals surface area contributed by atoms with Gasteiger partial charge in [-0.1, -0.05) is 20.8 Å². The van der Waals surface area contributed by atoms with E-state index < -0.39 is 17.4 Å². The smallest absolute Gasteiger partial charge is 0.248 e. The van der Waals surface area contributed by atoms with E-state index in [2.05, 4.69) is 15.5 Å². The number of nitrogens with zero attached hydrogens (tertiary/aromatic N) is 1. The Labute approximate surface area is 160 Å². The van der Waals surface area contributed by atoms with Crippen molar-refractivity contribution in [3.8, 4) is 0 Å². The molecule has 1 unspecified atom stereocenters. The van der Waals surface area contributed by atoms with Gasteiger partial charge in [-0.25, -0.2) is 0 Å². The summed E-state index contributed by atoms with van der Waals surface area (Å²) in [6.07, 6.45) is 3.36. The molecule has 148 valence electrons. The third-order valence-corrected chi connectivity index (χ3v) is 4.66. The van der Waals surface area contributed by atoms with Gasteiger partial charge in [0.15, 0.2) is 0 Å². The highest BCUT2D eigenvalue weighted by atomic mass is 16.2. The van der Waals surface area contributed by atoms with Crippen LogP contribution in [0.5, 0.6) is 0 Å². The number of hydrogen-bond donors (Lipinski definition) is 3. The highest BCUT2D eigenvalue weighted by molar-refractivity contribution is 6.02.